The molecule has 0 spiro atoms. The largest absolute Gasteiger partial charge is 2.00 e. The smallest absolute Gasteiger partial charge is 0.509 e. The van der Waals surface area contributed by atoms with E-state index in [0.29, 0.717) is 39.5 Å². The molecule has 0 amide bonds. The van der Waals surface area contributed by atoms with E-state index >= 15 is 0 Å². The summed E-state index contributed by atoms with van der Waals surface area (Å²) in [5, 5.41) is 13.6. The van der Waals surface area contributed by atoms with Crippen molar-refractivity contribution in [2.45, 2.75) is 91.3 Å². The van der Waals surface area contributed by atoms with Gasteiger partial charge in [-0.15, -0.1) is 41.3 Å². The summed E-state index contributed by atoms with van der Waals surface area (Å²) in [6.45, 7) is 9.68. The molecule has 4 aromatic heterocycles. The summed E-state index contributed by atoms with van der Waals surface area (Å²) in [7, 11) is 0. The average Bonchev–Trinajstić information content (AvgIpc) is 3.89. The summed E-state index contributed by atoms with van der Waals surface area (Å²) < 4.78 is 46.3. The summed E-state index contributed by atoms with van der Waals surface area (Å²) in [5.41, 5.74) is 8.62. The number of pyridine rings is 1. The molecule has 0 atom stereocenters. The van der Waals surface area contributed by atoms with Crippen molar-refractivity contribution in [3.05, 3.63) is 143 Å². The normalized spacial score (nSPS) is 14.9. The van der Waals surface area contributed by atoms with Gasteiger partial charge in [-0.25, -0.2) is 4.98 Å². The molecule has 0 saturated carbocycles. The van der Waals surface area contributed by atoms with Crippen LogP contribution in [0.2, 0.25) is 0 Å². The second kappa shape index (κ2) is 15.6. The molecule has 7 nitrogen and oxygen atoms in total. The fraction of sp³-hybridized carbons (Fsp3) is 0.275. The van der Waals surface area contributed by atoms with Gasteiger partial charge < -0.3 is 13.9 Å². The molecule has 10 rings (SSSR count). The molecule has 1 aliphatic carbocycles. The fourth-order valence-corrected chi connectivity index (χ4v) is 8.66. The summed E-state index contributed by atoms with van der Waals surface area (Å²) in [4.78, 5) is 6.68. The standard InChI is InChI=1S/C51H48N6O.Pt/c1-6-33-16-14-19-42-43-20-15-17-34(7-2)50(43)55(49(33)42)36-26-27-52-48(31-36)56-46-23-13-12-18-40(46)41-25-24-38(32-47(41)56)58-39-29-35(51(3,4)5)28-37(30-39)57-53-44-21-10-8-9-11-22-45(44)54-57;/h12-20,23-29,31H,6-11,21-22H2,1-5H3;/q-2;+2/i6D2,7D2;. The molecular weight excluding hydrogens is 908 g/mol. The van der Waals surface area contributed by atoms with Gasteiger partial charge >= 0.3 is 21.1 Å². The van der Waals surface area contributed by atoms with Gasteiger partial charge in [0.05, 0.1) is 28.1 Å². The van der Waals surface area contributed by atoms with Crippen LogP contribution in [0.5, 0.6) is 11.5 Å². The molecule has 0 N–H and O–H groups in total. The number of hydrogen-bond donors (Lipinski definition) is 0. The molecule has 8 heteroatoms. The molecule has 298 valence electrons. The van der Waals surface area contributed by atoms with Gasteiger partial charge in [0.2, 0.25) is 0 Å². The Balaban J connectivity index is 0.00000504. The summed E-state index contributed by atoms with van der Waals surface area (Å²) >= 11 is 0. The topological polar surface area (TPSA) is 62.7 Å². The van der Waals surface area contributed by atoms with Gasteiger partial charge in [-0.2, -0.15) is 21.1 Å². The Morgan fingerprint density at radius 1 is 0.678 bits per heavy atom. The van der Waals surface area contributed by atoms with Gasteiger partial charge in [0.15, 0.2) is 0 Å². The van der Waals surface area contributed by atoms with Crippen LogP contribution in [-0.4, -0.2) is 29.1 Å². The van der Waals surface area contributed by atoms with Crippen molar-refractivity contribution in [2.75, 3.05) is 0 Å². The quantitative estimate of drug-likeness (QED) is 0.149. The van der Waals surface area contributed by atoms with E-state index in [1.807, 2.05) is 77.4 Å². The van der Waals surface area contributed by atoms with Gasteiger partial charge in [-0.1, -0.05) is 108 Å². The van der Waals surface area contributed by atoms with Crippen LogP contribution in [-0.2, 0) is 52.1 Å². The molecular formula is C51H48N6OPt. The van der Waals surface area contributed by atoms with Crippen molar-refractivity contribution in [2.24, 2.45) is 0 Å². The summed E-state index contributed by atoms with van der Waals surface area (Å²) in [5.74, 6) is 1.67. The van der Waals surface area contributed by atoms with Crippen LogP contribution in [0.3, 0.4) is 0 Å². The fourth-order valence-electron chi connectivity index (χ4n) is 8.66. The second-order valence-electron chi connectivity index (χ2n) is 16.3. The van der Waals surface area contributed by atoms with E-state index in [2.05, 4.69) is 61.7 Å². The maximum atomic E-state index is 8.88. The van der Waals surface area contributed by atoms with E-state index in [0.717, 1.165) is 86.6 Å². The number of para-hydroxylation sites is 3. The van der Waals surface area contributed by atoms with Crippen molar-refractivity contribution < 1.29 is 31.3 Å². The first-order valence-electron chi connectivity index (χ1n) is 22.3. The number of aryl methyl sites for hydroxylation is 4. The number of ether oxygens (including phenoxy) is 1. The van der Waals surface area contributed by atoms with Crippen LogP contribution in [0.15, 0.2) is 103 Å². The zero-order chi connectivity index (χ0) is 43.1. The molecule has 0 radical (unpaired) electrons. The monoisotopic (exact) mass is 959 g/mol. The van der Waals surface area contributed by atoms with Gasteiger partial charge in [-0.05, 0) is 78.2 Å². The molecule has 0 fully saturated rings. The van der Waals surface area contributed by atoms with Crippen LogP contribution < -0.4 is 4.74 Å². The SMILES string of the molecule is [2H]C([2H])(C)c1cccc2c3cccc(C([2H])([2H])C)c3n(-c3ccnc(-n4c5[c-]c(Oc6[c-]c(-n7nc8c(n7)CCCCCC8)cc(C(C)(C)C)c6)ccc5c5ccccc54)c3)c12.[Pt+2]. The number of nitrogens with zero attached hydrogens (tertiary/aromatic N) is 6. The van der Waals surface area contributed by atoms with E-state index in [1.165, 1.54) is 12.8 Å². The maximum Gasteiger partial charge on any atom is 2.00 e. The van der Waals surface area contributed by atoms with Crippen molar-refractivity contribution in [1.82, 2.24) is 29.1 Å². The van der Waals surface area contributed by atoms with Crippen molar-refractivity contribution in [3.63, 3.8) is 0 Å². The minimum absolute atomic E-state index is 0. The minimum atomic E-state index is -1.68. The van der Waals surface area contributed by atoms with E-state index in [-0.39, 0.29) is 26.5 Å². The first kappa shape index (κ1) is 34.4. The van der Waals surface area contributed by atoms with Crippen molar-refractivity contribution in [3.8, 4) is 28.7 Å². The van der Waals surface area contributed by atoms with E-state index in [9.17, 15) is 0 Å². The van der Waals surface area contributed by atoms with Gasteiger partial charge in [0.25, 0.3) is 0 Å². The first-order valence-corrected chi connectivity index (χ1v) is 20.3. The molecule has 5 aromatic carbocycles. The number of benzene rings is 5. The van der Waals surface area contributed by atoms with Crippen LogP contribution >= 0.6 is 0 Å². The Bertz CT molecular complexity index is 3110. The number of aromatic nitrogens is 6. The third-order valence-corrected chi connectivity index (χ3v) is 11.6. The first-order chi connectivity index (χ1) is 29.6. The Hall–Kier alpha value is -5.52. The molecule has 0 saturated heterocycles. The van der Waals surface area contributed by atoms with Gasteiger partial charge in [-0.3, -0.25) is 0 Å². The summed E-state index contributed by atoms with van der Waals surface area (Å²) in [6, 6.07) is 38.7. The third kappa shape index (κ3) is 6.87. The van der Waals surface area contributed by atoms with Crippen LogP contribution in [0, 0.1) is 12.1 Å². The Labute approximate surface area is 365 Å². The molecule has 0 unspecified atom stereocenters. The second-order valence-corrected chi connectivity index (χ2v) is 16.3. The molecule has 4 heterocycles. The molecule has 9 aromatic rings. The van der Waals surface area contributed by atoms with Crippen molar-refractivity contribution >= 4 is 43.6 Å². The van der Waals surface area contributed by atoms with Gasteiger partial charge in [0, 0.05) is 45.5 Å². The predicted molar refractivity (Wildman–Crippen MR) is 235 cm³/mol. The Kier molecular flexibility index (Phi) is 9.07. The zero-order valence-corrected chi connectivity index (χ0v) is 36.2. The van der Waals surface area contributed by atoms with Gasteiger partial charge in [0.1, 0.15) is 5.82 Å². The van der Waals surface area contributed by atoms with E-state index in [4.69, 9.17) is 25.4 Å². The average molecular weight is 960 g/mol. The molecule has 0 aliphatic heterocycles. The van der Waals surface area contributed by atoms with E-state index in [1.54, 1.807) is 24.8 Å². The van der Waals surface area contributed by atoms with Crippen LogP contribution in [0.4, 0.5) is 0 Å². The molecule has 59 heavy (non-hydrogen) atoms. The van der Waals surface area contributed by atoms with E-state index < -0.39 is 12.7 Å². The minimum Gasteiger partial charge on any atom is -0.509 e. The predicted octanol–water partition coefficient (Wildman–Crippen LogP) is 12.3. The maximum absolute atomic E-state index is 8.88. The number of fused-ring (bicyclic) bond motifs is 7. The molecule has 0 bridgehead atoms. The van der Waals surface area contributed by atoms with Crippen molar-refractivity contribution in [1.29, 1.82) is 0 Å². The van der Waals surface area contributed by atoms with Crippen LogP contribution in [0.25, 0.3) is 60.8 Å². The Morgan fingerprint density at radius 3 is 2.00 bits per heavy atom. The number of hydrogen-bond acceptors (Lipinski definition) is 4. The Morgan fingerprint density at radius 2 is 1.34 bits per heavy atom. The number of rotatable bonds is 7. The molecule has 1 aliphatic rings. The van der Waals surface area contributed by atoms with Crippen LogP contribution in [0.1, 0.15) is 93.9 Å². The zero-order valence-electron chi connectivity index (χ0n) is 38.0. The summed E-state index contributed by atoms with van der Waals surface area (Å²) in [6.07, 6.45) is 4.96. The third-order valence-electron chi connectivity index (χ3n) is 11.6.